The molecule has 0 saturated carbocycles. The molecule has 4 amide bonds. The Morgan fingerprint density at radius 3 is 0.894 bits per heavy atom. The number of amides is 4. The van der Waals surface area contributed by atoms with E-state index in [0.29, 0.717) is 0 Å². The predicted molar refractivity (Wildman–Crippen MR) is 436 cm³/mol. The van der Waals surface area contributed by atoms with Crippen molar-refractivity contribution in [2.45, 2.75) is 424 Å². The van der Waals surface area contributed by atoms with Gasteiger partial charge in [-0.1, -0.05) is 0 Å². The first-order valence-electron chi connectivity index (χ1n) is 45.6. The van der Waals surface area contributed by atoms with Gasteiger partial charge in [-0.15, -0.1) is 0 Å². The topological polar surface area (TPSA) is 936 Å². The van der Waals surface area contributed by atoms with Crippen LogP contribution in [0.5, 0.6) is 0 Å². The minimum absolute atomic E-state index is 0.869. The Bertz CT molecular complexity index is 3920. The highest BCUT2D eigenvalue weighted by atomic mass is 16.8. The largest absolute Gasteiger partial charge is 0.394 e. The number of aliphatic hydroxyl groups excluding tert-OH is 30. The normalized spacial score (nSPS) is 51.2. The van der Waals surface area contributed by atoms with Crippen molar-refractivity contribution in [1.82, 2.24) is 21.3 Å². The Morgan fingerprint density at radius 1 is 0.199 bits per heavy atom. The van der Waals surface area contributed by atoms with Gasteiger partial charge in [0.25, 0.3) is 0 Å². The second-order valence-corrected chi connectivity index (χ2v) is 36.6. The Hall–Kier alpha value is -4.24. The number of carbonyl (C=O) groups is 4. The number of aliphatic hydroxyl groups is 30. The van der Waals surface area contributed by atoms with Crippen molar-refractivity contribution in [3.8, 4) is 0 Å². The molecule has 141 heavy (non-hydrogen) atoms. The molecule has 12 aliphatic rings. The summed E-state index contributed by atoms with van der Waals surface area (Å²) in [5, 5.41) is 351. The van der Waals surface area contributed by atoms with Crippen LogP contribution in [-0.2, 0) is 128 Å². The van der Waals surface area contributed by atoms with Gasteiger partial charge in [0.15, 0.2) is 75.5 Å². The van der Waals surface area contributed by atoms with Crippen molar-refractivity contribution in [3.63, 3.8) is 0 Å². The molecule has 61 nitrogen and oxygen atoms in total. The van der Waals surface area contributed by atoms with E-state index in [9.17, 15) is 172 Å². The fourth-order valence-electron chi connectivity index (χ4n) is 18.6. The van der Waals surface area contributed by atoms with Gasteiger partial charge < -0.3 is 283 Å². The standard InChI is InChI=1S/C80H134N4O57/c1-17-37(95)48(106)55(113)73(121-17)119-16-32-61(46(104)33(69(118)125-32)81-21(5)91)133-70-34(82-22(6)92)47(105)60(29(13-89)130-70)134-77-59(117)65(45(103)31(132-77)15-120-78-66(52(110)41(99)25(9-85)127-78)139-71-35(83-23(7)93)63(44(102)28(12-88)126-71)136-74-56(114)49(107)38(96)18(2)122-74)138-80-67(53(111)42(100)27(11-87)129-80)140-72-36(84-24(8)94)64(137-75-57(115)50(108)39(97)19(3)123-75)62(30(14-90)131-72)135-79-68(54(112)43(101)26(10-86)128-79)141-76-58(116)51(109)40(98)20(4)124-76/h17-20,25-80,85-90,95-118H,9-16H2,1-8H3,(H,81,91)(H,82,92)(H,83,93)(H,84,94)/t17-,18-,19-,20-,25+,26+,27+,28+,29+,30+,31+,32+,33+,34+,35+,36+,37+,38+,39+,40+,41+,42+,43-,44+,45+,46+,47+,48+,49+,50+,51+,52-,53-,54-,55-,56-,57-,58-,59-,60+,61+,62+,63+,64+,65-,66-,67-,68+,69?,70-,71-,72-,73+,74-,75-,76-,77-,78-,79-,80+/m0/s1. The lowest BCUT2D eigenvalue weighted by atomic mass is 9.93. The molecule has 0 aromatic carbocycles. The zero-order valence-corrected chi connectivity index (χ0v) is 76.7. The summed E-state index contributed by atoms with van der Waals surface area (Å²) in [5.74, 6) is -3.94. The Balaban J connectivity index is 0.911. The zero-order chi connectivity index (χ0) is 104. The summed E-state index contributed by atoms with van der Waals surface area (Å²) < 4.78 is 140. The maximum Gasteiger partial charge on any atom is 0.217 e. The van der Waals surface area contributed by atoms with Crippen LogP contribution in [0.1, 0.15) is 55.4 Å². The maximum absolute atomic E-state index is 13.9. The van der Waals surface area contributed by atoms with Crippen LogP contribution < -0.4 is 21.3 Å². The summed E-state index contributed by atoms with van der Waals surface area (Å²) in [6, 6.07) is -7.97. The molecule has 0 aromatic rings. The first kappa shape index (κ1) is 115. The highest BCUT2D eigenvalue weighted by Crippen LogP contribution is 2.43. The van der Waals surface area contributed by atoms with Crippen LogP contribution in [0.25, 0.3) is 0 Å². The van der Waals surface area contributed by atoms with Crippen molar-refractivity contribution in [3.05, 3.63) is 0 Å². The minimum Gasteiger partial charge on any atom is -0.394 e. The van der Waals surface area contributed by atoms with E-state index in [2.05, 4.69) is 21.3 Å². The van der Waals surface area contributed by atoms with Crippen molar-refractivity contribution < 1.29 is 281 Å². The van der Waals surface area contributed by atoms with Gasteiger partial charge in [-0.05, 0) is 27.7 Å². The summed E-state index contributed by atoms with van der Waals surface area (Å²) in [4.78, 5) is 53.1. The predicted octanol–water partition coefficient (Wildman–Crippen LogP) is -22.5. The summed E-state index contributed by atoms with van der Waals surface area (Å²) in [6.45, 7) is -0.863. The summed E-state index contributed by atoms with van der Waals surface area (Å²) >= 11 is 0. The lowest BCUT2D eigenvalue weighted by Crippen LogP contribution is -2.72. The van der Waals surface area contributed by atoms with E-state index in [-0.39, 0.29) is 0 Å². The van der Waals surface area contributed by atoms with E-state index in [1.165, 1.54) is 27.7 Å². The molecule has 0 spiro atoms. The second kappa shape index (κ2) is 49.7. The van der Waals surface area contributed by atoms with Crippen molar-refractivity contribution >= 4 is 23.6 Å². The fraction of sp³-hybridized carbons (Fsp3) is 0.950. The van der Waals surface area contributed by atoms with Crippen LogP contribution >= 0.6 is 0 Å². The monoisotopic (exact) mass is 2060 g/mol. The maximum atomic E-state index is 13.9. The van der Waals surface area contributed by atoms with E-state index in [1.54, 1.807) is 0 Å². The fourth-order valence-corrected chi connectivity index (χ4v) is 18.6. The molecule has 12 rings (SSSR count). The molecule has 12 fully saturated rings. The van der Waals surface area contributed by atoms with Gasteiger partial charge in [0.2, 0.25) is 23.6 Å². The van der Waals surface area contributed by atoms with Crippen molar-refractivity contribution in [1.29, 1.82) is 0 Å². The quantitative estimate of drug-likeness (QED) is 0.0284. The van der Waals surface area contributed by atoms with Gasteiger partial charge in [0, 0.05) is 27.7 Å². The molecule has 0 aromatic heterocycles. The van der Waals surface area contributed by atoms with Crippen LogP contribution in [0.4, 0.5) is 0 Å². The molecular weight excluding hydrogens is 1930 g/mol. The number of hydrogen-bond donors (Lipinski definition) is 34. The average Bonchev–Trinajstić information content (AvgIpc) is 0.744. The molecule has 1 unspecified atom stereocenters. The van der Waals surface area contributed by atoms with Gasteiger partial charge in [-0.2, -0.15) is 0 Å². The van der Waals surface area contributed by atoms with Crippen molar-refractivity contribution in [2.24, 2.45) is 0 Å². The first-order valence-corrected chi connectivity index (χ1v) is 45.6. The van der Waals surface area contributed by atoms with Gasteiger partial charge in [-0.25, -0.2) is 0 Å². The van der Waals surface area contributed by atoms with Gasteiger partial charge >= 0.3 is 0 Å². The number of ether oxygens (including phenoxy) is 23. The summed E-state index contributed by atoms with van der Waals surface area (Å²) in [5.41, 5.74) is 0. The average molecular weight is 2060 g/mol. The van der Waals surface area contributed by atoms with Crippen molar-refractivity contribution in [2.75, 3.05) is 52.9 Å². The lowest BCUT2D eigenvalue weighted by molar-refractivity contribution is -0.408. The highest BCUT2D eigenvalue weighted by molar-refractivity contribution is 5.74. The van der Waals surface area contributed by atoms with Crippen LogP contribution in [0, 0.1) is 0 Å². The van der Waals surface area contributed by atoms with Crippen LogP contribution in [0.2, 0.25) is 0 Å². The highest BCUT2D eigenvalue weighted by Gasteiger charge is 2.64. The molecule has 0 aliphatic carbocycles. The Kier molecular flexibility index (Phi) is 40.7. The van der Waals surface area contributed by atoms with E-state index in [0.717, 1.165) is 27.7 Å². The van der Waals surface area contributed by atoms with Gasteiger partial charge in [0.05, 0.1) is 77.3 Å². The number of nitrogens with one attached hydrogen (secondary N) is 4. The second-order valence-electron chi connectivity index (χ2n) is 36.6. The lowest BCUT2D eigenvalue weighted by Gasteiger charge is -2.52. The molecule has 12 heterocycles. The smallest absolute Gasteiger partial charge is 0.217 e. The molecule has 816 valence electrons. The van der Waals surface area contributed by atoms with E-state index in [1.807, 2.05) is 0 Å². The molecule has 60 atom stereocenters. The van der Waals surface area contributed by atoms with Gasteiger partial charge in [-0.3, -0.25) is 19.2 Å². The number of rotatable bonds is 34. The van der Waals surface area contributed by atoms with Crippen LogP contribution in [0.3, 0.4) is 0 Å². The molecule has 34 N–H and O–H groups in total. The Morgan fingerprint density at radius 2 is 0.461 bits per heavy atom. The first-order chi connectivity index (χ1) is 66.5. The molecular formula is C80H134N4O57. The molecule has 61 heteroatoms. The summed E-state index contributed by atoms with van der Waals surface area (Å²) in [7, 11) is 0. The van der Waals surface area contributed by atoms with Crippen LogP contribution in [-0.4, -0.2) is 598 Å². The summed E-state index contributed by atoms with van der Waals surface area (Å²) in [6.07, 6.45) is -118. The minimum atomic E-state index is -2.73. The van der Waals surface area contributed by atoms with Gasteiger partial charge in [0.1, 0.15) is 268 Å². The molecule has 0 radical (unpaired) electrons. The third-order valence-electron chi connectivity index (χ3n) is 26.5. The molecule has 0 bridgehead atoms. The third-order valence-corrected chi connectivity index (χ3v) is 26.5. The van der Waals surface area contributed by atoms with E-state index < -0.39 is 445 Å². The van der Waals surface area contributed by atoms with E-state index in [4.69, 9.17) is 109 Å². The number of carbonyl (C=O) groups excluding carboxylic acids is 4. The zero-order valence-electron chi connectivity index (χ0n) is 76.7. The SMILES string of the molecule is CC(=O)N[C@H]1[C@H](O[C@H]2[C@H](O)[C@@H](NC(C)=O)C(O)O[C@@H]2CO[C@@H]2O[C@@H](C)[C@@H](O)[C@@H](O)[C@@H]2O)O[C@H](CO)[C@@H](O[C@@H]2O[C@H](CO[C@H]3O[C@H](CO)[C@@H](O)[C@H](O)[C@@H]3O[C@@H]3O[C@H](CO)[C@@H](O)[C@H](O[C@@H]4O[C@@H](C)[C@@H](O)[C@@H](O)[C@@H]4O)[C@H]3NC(C)=O)[C@@H](O)[C@H](O[C@H]3O[C@H](CO)[C@@H](O)[C@H](O)[C@@H]3O[C@@H]3O[C@H](CO)[C@@H](O[C@@H]4O[C@H](CO)[C@H](O)[C@H](O)[C@H]4O[C@@H]4O[C@@H](C)[C@@H](O)[C@@H](O)[C@@H]4O)[C@H](O[C@@H]4O[C@@H](C)[C@@H](O)[C@@H](O)[C@@H]4O)[C@H]3NC(C)=O)[C@@H]2O)[C@@H]1O. The molecule has 12 saturated heterocycles. The third kappa shape index (κ3) is 25.3. The van der Waals surface area contributed by atoms with Crippen LogP contribution in [0.15, 0.2) is 0 Å². The van der Waals surface area contributed by atoms with E-state index >= 15 is 0 Å². The molecule has 12 aliphatic heterocycles. The Labute approximate surface area is 800 Å². The number of hydrogen-bond acceptors (Lipinski definition) is 57.